The van der Waals surface area contributed by atoms with Crippen LogP contribution in [0, 0.1) is 10.1 Å². The Morgan fingerprint density at radius 1 is 1.56 bits per heavy atom. The van der Waals surface area contributed by atoms with Gasteiger partial charge in [-0.15, -0.1) is 0 Å². The molecule has 0 aliphatic rings. The van der Waals surface area contributed by atoms with Crippen LogP contribution in [0.3, 0.4) is 0 Å². The molecular formula is C11H12N3O3S-. The molecule has 18 heavy (non-hydrogen) atoms. The molecule has 0 spiro atoms. The molecule has 0 aliphatic heterocycles. The molecule has 6 nitrogen and oxygen atoms in total. The van der Waals surface area contributed by atoms with Crippen LogP contribution in [0.15, 0.2) is 30.4 Å². The molecule has 1 rings (SSSR count). The fraction of sp³-hybridized carbons (Fsp3) is 0.182. The molecule has 0 saturated heterocycles. The number of nitrogens with zero attached hydrogens (tertiary/aromatic N) is 1. The molecule has 0 fully saturated rings. The summed E-state index contributed by atoms with van der Waals surface area (Å²) < 4.78 is 0. The zero-order valence-corrected chi connectivity index (χ0v) is 10.5. The largest absolute Gasteiger partial charge is 0.871 e. The van der Waals surface area contributed by atoms with Gasteiger partial charge in [-0.05, 0) is 19.1 Å². The SMILES string of the molecule is C=C(C)CNC(=S)Nc1cc([N+](=O)[O-])ccc1[O-]. The molecule has 1 aromatic carbocycles. The van der Waals surface area contributed by atoms with Gasteiger partial charge in [-0.1, -0.05) is 24.0 Å². The first-order chi connectivity index (χ1) is 8.40. The van der Waals surface area contributed by atoms with E-state index in [1.165, 1.54) is 0 Å². The van der Waals surface area contributed by atoms with E-state index in [-0.39, 0.29) is 22.2 Å². The predicted octanol–water partition coefficient (Wildman–Crippen LogP) is 1.53. The van der Waals surface area contributed by atoms with Crippen molar-refractivity contribution in [3.63, 3.8) is 0 Å². The number of benzene rings is 1. The molecule has 0 atom stereocenters. The highest BCUT2D eigenvalue weighted by atomic mass is 32.1. The highest BCUT2D eigenvalue weighted by Crippen LogP contribution is 2.25. The third-order valence-electron chi connectivity index (χ3n) is 1.97. The van der Waals surface area contributed by atoms with E-state index >= 15 is 0 Å². The maximum absolute atomic E-state index is 11.5. The van der Waals surface area contributed by atoms with Crippen LogP contribution in [0.5, 0.6) is 5.75 Å². The topological polar surface area (TPSA) is 90.3 Å². The Morgan fingerprint density at radius 3 is 2.78 bits per heavy atom. The van der Waals surface area contributed by atoms with Crippen LogP contribution in [-0.4, -0.2) is 16.6 Å². The Hall–Kier alpha value is -2.15. The lowest BCUT2D eigenvalue weighted by Gasteiger charge is -2.16. The van der Waals surface area contributed by atoms with E-state index in [4.69, 9.17) is 12.2 Å². The maximum atomic E-state index is 11.5. The highest BCUT2D eigenvalue weighted by Gasteiger charge is 2.07. The molecule has 0 amide bonds. The predicted molar refractivity (Wildman–Crippen MR) is 71.6 cm³/mol. The number of hydrogen-bond acceptors (Lipinski definition) is 4. The first-order valence-corrected chi connectivity index (χ1v) is 5.45. The van der Waals surface area contributed by atoms with Crippen molar-refractivity contribution < 1.29 is 10.0 Å². The van der Waals surface area contributed by atoms with Crippen LogP contribution in [0.4, 0.5) is 11.4 Å². The summed E-state index contributed by atoms with van der Waals surface area (Å²) in [4.78, 5) is 10.0. The fourth-order valence-corrected chi connectivity index (χ4v) is 1.31. The van der Waals surface area contributed by atoms with Gasteiger partial charge in [-0.25, -0.2) is 0 Å². The summed E-state index contributed by atoms with van der Waals surface area (Å²) >= 11 is 4.95. The fourth-order valence-electron chi connectivity index (χ4n) is 1.13. The molecule has 1 aromatic rings. The van der Waals surface area contributed by atoms with E-state index < -0.39 is 4.92 Å². The molecule has 0 aliphatic carbocycles. The second-order valence-corrected chi connectivity index (χ2v) is 4.11. The van der Waals surface area contributed by atoms with Crippen molar-refractivity contribution in [2.45, 2.75) is 6.92 Å². The number of nitrogens with one attached hydrogen (secondary N) is 2. The summed E-state index contributed by atoms with van der Waals surface area (Å²) in [6, 6.07) is 3.43. The van der Waals surface area contributed by atoms with Gasteiger partial charge in [0.2, 0.25) is 0 Å². The lowest BCUT2D eigenvalue weighted by molar-refractivity contribution is -0.385. The number of thiocarbonyl (C=S) groups is 1. The number of non-ortho nitro benzene ring substituents is 1. The minimum atomic E-state index is -0.574. The molecule has 0 heterocycles. The molecule has 0 saturated carbocycles. The molecule has 7 heteroatoms. The van der Waals surface area contributed by atoms with Gasteiger partial charge in [0.15, 0.2) is 5.11 Å². The lowest BCUT2D eigenvalue weighted by atomic mass is 10.2. The van der Waals surface area contributed by atoms with Crippen LogP contribution >= 0.6 is 12.2 Å². The van der Waals surface area contributed by atoms with E-state index in [0.29, 0.717) is 6.54 Å². The number of anilines is 1. The Kier molecular flexibility index (Phi) is 4.61. The van der Waals surface area contributed by atoms with Gasteiger partial charge in [0.25, 0.3) is 5.69 Å². The van der Waals surface area contributed by atoms with Crippen molar-refractivity contribution in [1.29, 1.82) is 0 Å². The Balaban J connectivity index is 2.77. The summed E-state index contributed by atoms with van der Waals surface area (Å²) in [5.74, 6) is -0.361. The Labute approximate surface area is 109 Å². The number of nitro benzene ring substituents is 1. The van der Waals surface area contributed by atoms with Crippen molar-refractivity contribution in [3.8, 4) is 5.75 Å². The summed E-state index contributed by atoms with van der Waals surface area (Å²) in [6.45, 7) is 5.98. The molecule has 0 unspecified atom stereocenters. The van der Waals surface area contributed by atoms with Crippen molar-refractivity contribution in [2.75, 3.05) is 11.9 Å². The number of rotatable bonds is 4. The number of nitro groups is 1. The zero-order chi connectivity index (χ0) is 13.7. The van der Waals surface area contributed by atoms with E-state index in [2.05, 4.69) is 17.2 Å². The van der Waals surface area contributed by atoms with E-state index in [9.17, 15) is 15.2 Å². The highest BCUT2D eigenvalue weighted by molar-refractivity contribution is 7.80. The third kappa shape index (κ3) is 4.02. The Morgan fingerprint density at radius 2 is 2.22 bits per heavy atom. The van der Waals surface area contributed by atoms with Crippen LogP contribution in [-0.2, 0) is 0 Å². The van der Waals surface area contributed by atoms with Gasteiger partial charge < -0.3 is 15.7 Å². The average Bonchev–Trinajstić information content (AvgIpc) is 2.29. The molecular weight excluding hydrogens is 254 g/mol. The van der Waals surface area contributed by atoms with Gasteiger partial charge in [0, 0.05) is 24.4 Å². The summed E-state index contributed by atoms with van der Waals surface area (Å²) in [7, 11) is 0. The van der Waals surface area contributed by atoms with Crippen molar-refractivity contribution in [3.05, 3.63) is 40.5 Å². The minimum Gasteiger partial charge on any atom is -0.871 e. The smallest absolute Gasteiger partial charge is 0.271 e. The monoisotopic (exact) mass is 266 g/mol. The van der Waals surface area contributed by atoms with Crippen molar-refractivity contribution in [2.24, 2.45) is 0 Å². The lowest BCUT2D eigenvalue weighted by Crippen LogP contribution is -2.29. The van der Waals surface area contributed by atoms with E-state index in [0.717, 1.165) is 23.8 Å². The van der Waals surface area contributed by atoms with E-state index in [1.807, 2.05) is 6.92 Å². The molecule has 0 aromatic heterocycles. The molecule has 96 valence electrons. The summed E-state index contributed by atoms with van der Waals surface area (Å²) in [5, 5.41) is 27.7. The first-order valence-electron chi connectivity index (χ1n) is 5.05. The van der Waals surface area contributed by atoms with Crippen LogP contribution in [0.25, 0.3) is 0 Å². The minimum absolute atomic E-state index is 0.0726. The Bertz CT molecular complexity index is 502. The second-order valence-electron chi connectivity index (χ2n) is 3.70. The van der Waals surface area contributed by atoms with Gasteiger partial charge in [-0.3, -0.25) is 10.1 Å². The molecule has 0 radical (unpaired) electrons. The second kappa shape index (κ2) is 5.97. The first kappa shape index (κ1) is 13.9. The van der Waals surface area contributed by atoms with Crippen LogP contribution in [0.1, 0.15) is 6.92 Å². The summed E-state index contributed by atoms with van der Waals surface area (Å²) in [6.07, 6.45) is 0. The van der Waals surface area contributed by atoms with Gasteiger partial charge in [0.1, 0.15) is 0 Å². The van der Waals surface area contributed by atoms with Gasteiger partial charge >= 0.3 is 0 Å². The zero-order valence-electron chi connectivity index (χ0n) is 9.73. The maximum Gasteiger partial charge on any atom is 0.271 e. The van der Waals surface area contributed by atoms with Crippen molar-refractivity contribution >= 4 is 28.7 Å². The van der Waals surface area contributed by atoms with Gasteiger partial charge in [0.05, 0.1) is 4.92 Å². The number of hydrogen-bond donors (Lipinski definition) is 2. The average molecular weight is 266 g/mol. The third-order valence-corrected chi connectivity index (χ3v) is 2.22. The molecule has 0 bridgehead atoms. The quantitative estimate of drug-likeness (QED) is 0.372. The van der Waals surface area contributed by atoms with Crippen LogP contribution < -0.4 is 15.7 Å². The van der Waals surface area contributed by atoms with Gasteiger partial charge in [-0.2, -0.15) is 0 Å². The van der Waals surface area contributed by atoms with E-state index in [1.54, 1.807) is 0 Å². The normalized spacial score (nSPS) is 9.61. The summed E-state index contributed by atoms with van der Waals surface area (Å²) in [5.41, 5.74) is 0.781. The van der Waals surface area contributed by atoms with Crippen molar-refractivity contribution in [1.82, 2.24) is 5.32 Å². The van der Waals surface area contributed by atoms with Crippen LogP contribution in [0.2, 0.25) is 0 Å². The standard InChI is InChI=1S/C11H13N3O3S/c1-7(2)6-12-11(18)13-9-5-8(14(16)17)3-4-10(9)15/h3-5,15H,1,6H2,2H3,(H2,12,13,18)/p-1. The molecule has 2 N–H and O–H groups in total.